The second-order valence-corrected chi connectivity index (χ2v) is 7.00. The summed E-state index contributed by atoms with van der Waals surface area (Å²) in [5, 5.41) is 36.0. The Morgan fingerprint density at radius 2 is 0.929 bits per heavy atom. The number of hydrogen-bond donors (Lipinski definition) is 2. The molecule has 2 N–H and O–H groups in total. The molecule has 0 aliphatic heterocycles. The first kappa shape index (κ1) is 33.5. The van der Waals surface area contributed by atoms with Crippen molar-refractivity contribution in [2.75, 3.05) is 0 Å². The van der Waals surface area contributed by atoms with Gasteiger partial charge < -0.3 is 25.2 Å². The Bertz CT molecular complexity index is 645. The predicted molar refractivity (Wildman–Crippen MR) is 98.2 cm³/mol. The zero-order valence-electron chi connectivity index (χ0n) is 18.2. The van der Waals surface area contributed by atoms with Crippen molar-refractivity contribution in [3.05, 3.63) is 70.8 Å². The van der Waals surface area contributed by atoms with Crippen LogP contribution in [0.1, 0.15) is 49.9 Å². The first-order valence-electron chi connectivity index (χ1n) is 8.21. The minimum atomic E-state index is -2.33. The fourth-order valence-corrected chi connectivity index (χ4v) is 2.52. The third-order valence-corrected chi connectivity index (χ3v) is 3.61. The third kappa shape index (κ3) is 14.8. The van der Waals surface area contributed by atoms with Gasteiger partial charge in [-0.05, 0) is 70.0 Å². The normalized spacial score (nSPS) is 10.0. The van der Waals surface area contributed by atoms with Gasteiger partial charge in [-0.3, -0.25) is 0 Å². The quantitative estimate of drug-likeness (QED) is 0.465. The number of carboxylic acid groups (broad SMARTS) is 2. The number of carbonyl (C=O) groups excluding carboxylic acids is 1. The Hall–Kier alpha value is 0.903. The zero-order chi connectivity index (χ0) is 20.5. The van der Waals surface area contributed by atoms with Gasteiger partial charge in [0.15, 0.2) is 0 Å². The first-order chi connectivity index (χ1) is 11.8. The standard InChI is InChI=1S/2C10H14O.CH2O3.2K/c2*1-8-6-4-5-7-9(8)10(2,3)11;2-1(3)4;;/h2*4-7,11H,1-3H3;(H2,2,3,4);;/q;;;2*+1/p-2. The summed E-state index contributed by atoms with van der Waals surface area (Å²) >= 11 is 0. The van der Waals surface area contributed by atoms with Gasteiger partial charge in [0.1, 0.15) is 0 Å². The fourth-order valence-electron chi connectivity index (χ4n) is 2.52. The van der Waals surface area contributed by atoms with Gasteiger partial charge in [-0.15, -0.1) is 0 Å². The van der Waals surface area contributed by atoms with Crippen LogP contribution >= 0.6 is 0 Å². The van der Waals surface area contributed by atoms with Crippen molar-refractivity contribution in [3.63, 3.8) is 0 Å². The average molecular weight is 439 g/mol. The maximum absolute atomic E-state index is 9.67. The molecule has 0 saturated carbocycles. The Kier molecular flexibility index (Phi) is 18.8. The monoisotopic (exact) mass is 438 g/mol. The van der Waals surface area contributed by atoms with Crippen LogP contribution in [0.25, 0.3) is 0 Å². The van der Waals surface area contributed by atoms with E-state index in [0.29, 0.717) is 0 Å². The summed E-state index contributed by atoms with van der Waals surface area (Å²) in [5.74, 6) is 0. The summed E-state index contributed by atoms with van der Waals surface area (Å²) < 4.78 is 0. The van der Waals surface area contributed by atoms with Crippen LogP contribution in [0.3, 0.4) is 0 Å². The second kappa shape index (κ2) is 15.7. The predicted octanol–water partition coefficient (Wildman–Crippen LogP) is -3.99. The van der Waals surface area contributed by atoms with E-state index in [0.717, 1.165) is 22.3 Å². The van der Waals surface area contributed by atoms with Crippen LogP contribution in [0.5, 0.6) is 0 Å². The third-order valence-electron chi connectivity index (χ3n) is 3.61. The van der Waals surface area contributed by atoms with Crippen LogP contribution in [-0.2, 0) is 11.2 Å². The Balaban J connectivity index is -0.000000355. The summed E-state index contributed by atoms with van der Waals surface area (Å²) in [6.45, 7) is 11.2. The largest absolute Gasteiger partial charge is 1.00 e. The molecule has 0 heterocycles. The van der Waals surface area contributed by atoms with E-state index in [1.807, 2.05) is 62.4 Å². The van der Waals surface area contributed by atoms with E-state index in [-0.39, 0.29) is 103 Å². The number of hydrogen-bond acceptors (Lipinski definition) is 5. The van der Waals surface area contributed by atoms with Crippen LogP contribution in [0.15, 0.2) is 48.5 Å². The molecule has 2 aromatic rings. The molecule has 0 spiro atoms. The molecule has 0 radical (unpaired) electrons. The second-order valence-electron chi connectivity index (χ2n) is 7.00. The summed E-state index contributed by atoms with van der Waals surface area (Å²) in [5.41, 5.74) is 2.84. The maximum Gasteiger partial charge on any atom is 1.00 e. The zero-order valence-corrected chi connectivity index (χ0v) is 24.5. The topological polar surface area (TPSA) is 104 Å². The molecule has 0 amide bonds. The van der Waals surface area contributed by atoms with Crippen LogP contribution in [0.2, 0.25) is 0 Å². The van der Waals surface area contributed by atoms with Gasteiger partial charge in [-0.1, -0.05) is 48.5 Å². The van der Waals surface area contributed by atoms with Crippen LogP contribution in [0.4, 0.5) is 4.79 Å². The van der Waals surface area contributed by atoms with Gasteiger partial charge >= 0.3 is 103 Å². The molecular weight excluding hydrogens is 410 g/mol. The van der Waals surface area contributed by atoms with Crippen molar-refractivity contribution < 1.29 is 128 Å². The van der Waals surface area contributed by atoms with Crippen molar-refractivity contribution in [2.24, 2.45) is 0 Å². The summed E-state index contributed by atoms with van der Waals surface area (Å²) in [6, 6.07) is 15.8. The van der Waals surface area contributed by atoms with Crippen molar-refractivity contribution in [1.29, 1.82) is 0 Å². The van der Waals surface area contributed by atoms with E-state index in [1.165, 1.54) is 0 Å². The van der Waals surface area contributed by atoms with Crippen molar-refractivity contribution in [2.45, 2.75) is 52.7 Å². The molecule has 144 valence electrons. The van der Waals surface area contributed by atoms with Gasteiger partial charge in [0.2, 0.25) is 0 Å². The summed E-state index contributed by atoms with van der Waals surface area (Å²) in [4.78, 5) is 8.33. The molecule has 0 saturated heterocycles. The van der Waals surface area contributed by atoms with Crippen LogP contribution in [0, 0.1) is 13.8 Å². The molecule has 0 unspecified atom stereocenters. The van der Waals surface area contributed by atoms with Gasteiger partial charge in [-0.2, -0.15) is 0 Å². The van der Waals surface area contributed by atoms with E-state index in [2.05, 4.69) is 0 Å². The first-order valence-corrected chi connectivity index (χ1v) is 8.21. The van der Waals surface area contributed by atoms with Crippen molar-refractivity contribution in [1.82, 2.24) is 0 Å². The molecular formula is C21H28K2O5. The molecule has 0 fully saturated rings. The number of carbonyl (C=O) groups is 1. The maximum atomic E-state index is 9.67. The molecule has 0 aliphatic rings. The average Bonchev–Trinajstić information content (AvgIpc) is 2.46. The molecule has 28 heavy (non-hydrogen) atoms. The molecule has 2 aromatic carbocycles. The molecule has 0 bridgehead atoms. The molecule has 5 nitrogen and oxygen atoms in total. The van der Waals surface area contributed by atoms with E-state index < -0.39 is 17.4 Å². The molecule has 2 rings (SSSR count). The van der Waals surface area contributed by atoms with Gasteiger partial charge in [0.05, 0.1) is 11.2 Å². The van der Waals surface area contributed by atoms with E-state index in [9.17, 15) is 10.2 Å². The number of aliphatic hydroxyl groups is 2. The Morgan fingerprint density at radius 3 is 1.07 bits per heavy atom. The number of rotatable bonds is 2. The van der Waals surface area contributed by atoms with E-state index >= 15 is 0 Å². The Morgan fingerprint density at radius 1 is 0.714 bits per heavy atom. The van der Waals surface area contributed by atoms with Gasteiger partial charge in [-0.25, -0.2) is 0 Å². The van der Waals surface area contributed by atoms with Gasteiger partial charge in [0.25, 0.3) is 0 Å². The van der Waals surface area contributed by atoms with Crippen LogP contribution < -0.4 is 113 Å². The van der Waals surface area contributed by atoms with E-state index in [4.69, 9.17) is 15.0 Å². The van der Waals surface area contributed by atoms with Gasteiger partial charge in [0, 0.05) is 0 Å². The summed E-state index contributed by atoms with van der Waals surface area (Å²) in [6.07, 6.45) is -2.33. The Labute approximate surface area is 253 Å². The molecule has 0 aromatic heterocycles. The minimum absolute atomic E-state index is 0. The SMILES string of the molecule is Cc1ccccc1C(C)(C)O.Cc1ccccc1C(C)(C)O.O=C([O-])[O-].[K+].[K+]. The number of aryl methyl sites for hydroxylation is 2. The van der Waals surface area contributed by atoms with Crippen molar-refractivity contribution >= 4 is 6.16 Å². The van der Waals surface area contributed by atoms with Crippen LogP contribution in [-0.4, -0.2) is 16.4 Å². The fraction of sp³-hybridized carbons (Fsp3) is 0.381. The van der Waals surface area contributed by atoms with E-state index in [1.54, 1.807) is 27.7 Å². The summed E-state index contributed by atoms with van der Waals surface area (Å²) in [7, 11) is 0. The number of benzene rings is 2. The molecule has 0 atom stereocenters. The minimum Gasteiger partial charge on any atom is -0.652 e. The molecule has 7 heteroatoms. The smallest absolute Gasteiger partial charge is 0.652 e. The molecule has 0 aliphatic carbocycles. The van der Waals surface area contributed by atoms with Crippen molar-refractivity contribution in [3.8, 4) is 0 Å².